The number of hydrogen-bond acceptors (Lipinski definition) is 3. The van der Waals surface area contributed by atoms with E-state index in [0.29, 0.717) is 24.8 Å². The number of aromatic carboxylic acids is 1. The lowest BCUT2D eigenvalue weighted by Gasteiger charge is -2.14. The Morgan fingerprint density at radius 2 is 2.29 bits per heavy atom. The fraction of sp³-hybridized carbons (Fsp3) is 0.417. The molecule has 0 saturated carbocycles. The Kier molecular flexibility index (Phi) is 5.25. The maximum Gasteiger partial charge on any atom is 0.339 e. The number of carboxylic acid groups (broad SMARTS) is 1. The third-order valence-electron chi connectivity index (χ3n) is 2.32. The van der Waals surface area contributed by atoms with Gasteiger partial charge < -0.3 is 15.2 Å². The molecule has 94 valence electrons. The second-order valence-corrected chi connectivity index (χ2v) is 4.32. The topological polar surface area (TPSA) is 58.6 Å². The number of hydrogen-bond donors (Lipinski definition) is 2. The van der Waals surface area contributed by atoms with Crippen LogP contribution in [0.4, 0.5) is 5.69 Å². The third-order valence-corrected chi connectivity index (χ3v) is 2.63. The number of carbonyl (C=O) groups is 1. The summed E-state index contributed by atoms with van der Waals surface area (Å²) in [6.45, 7) is 3.27. The first-order valence-electron chi connectivity index (χ1n) is 5.31. The van der Waals surface area contributed by atoms with Gasteiger partial charge in [0, 0.05) is 13.7 Å². The van der Waals surface area contributed by atoms with E-state index in [0.717, 1.165) is 0 Å². The van der Waals surface area contributed by atoms with Gasteiger partial charge in [0.1, 0.15) is 5.56 Å². The van der Waals surface area contributed by atoms with Crippen LogP contribution in [0.3, 0.4) is 0 Å². The summed E-state index contributed by atoms with van der Waals surface area (Å²) in [7, 11) is 1.64. The monoisotopic (exact) mass is 257 g/mol. The van der Waals surface area contributed by atoms with Crippen LogP contribution in [0.5, 0.6) is 0 Å². The van der Waals surface area contributed by atoms with Crippen molar-refractivity contribution >= 4 is 23.3 Å². The maximum atomic E-state index is 11.1. The first kappa shape index (κ1) is 13.8. The van der Waals surface area contributed by atoms with Crippen molar-refractivity contribution in [2.75, 3.05) is 25.6 Å². The van der Waals surface area contributed by atoms with E-state index in [1.54, 1.807) is 25.3 Å². The van der Waals surface area contributed by atoms with Gasteiger partial charge in [-0.3, -0.25) is 0 Å². The molecule has 0 aromatic heterocycles. The Morgan fingerprint density at radius 1 is 1.59 bits per heavy atom. The molecule has 0 spiro atoms. The van der Waals surface area contributed by atoms with Gasteiger partial charge in [0.25, 0.3) is 0 Å². The molecular weight excluding hydrogens is 242 g/mol. The van der Waals surface area contributed by atoms with E-state index in [2.05, 4.69) is 5.32 Å². The van der Waals surface area contributed by atoms with E-state index in [9.17, 15) is 4.79 Å². The average Bonchev–Trinajstić information content (AvgIpc) is 2.26. The van der Waals surface area contributed by atoms with Gasteiger partial charge in [0.05, 0.1) is 17.3 Å². The second-order valence-electron chi connectivity index (χ2n) is 3.91. The molecule has 4 nitrogen and oxygen atoms in total. The molecule has 1 atom stereocenters. The summed E-state index contributed by atoms with van der Waals surface area (Å²) in [6, 6.07) is 4.99. The van der Waals surface area contributed by atoms with Gasteiger partial charge in [-0.1, -0.05) is 24.6 Å². The molecule has 0 bridgehead atoms. The molecule has 1 rings (SSSR count). The molecule has 0 saturated heterocycles. The van der Waals surface area contributed by atoms with Gasteiger partial charge in [-0.05, 0) is 18.1 Å². The van der Waals surface area contributed by atoms with Gasteiger partial charge in [-0.2, -0.15) is 0 Å². The number of anilines is 1. The van der Waals surface area contributed by atoms with Crippen LogP contribution in [0.2, 0.25) is 5.02 Å². The van der Waals surface area contributed by atoms with Gasteiger partial charge in [0.15, 0.2) is 0 Å². The number of carboxylic acids is 1. The highest BCUT2D eigenvalue weighted by atomic mass is 35.5. The molecule has 0 fully saturated rings. The highest BCUT2D eigenvalue weighted by molar-refractivity contribution is 6.34. The Labute approximate surface area is 106 Å². The number of rotatable bonds is 6. The van der Waals surface area contributed by atoms with Crippen LogP contribution in [-0.2, 0) is 4.74 Å². The third kappa shape index (κ3) is 3.91. The largest absolute Gasteiger partial charge is 0.478 e. The summed E-state index contributed by atoms with van der Waals surface area (Å²) in [6.07, 6.45) is 0. The minimum Gasteiger partial charge on any atom is -0.478 e. The summed E-state index contributed by atoms with van der Waals surface area (Å²) in [4.78, 5) is 11.1. The highest BCUT2D eigenvalue weighted by Gasteiger charge is 2.14. The van der Waals surface area contributed by atoms with Crippen LogP contribution in [0.15, 0.2) is 18.2 Å². The lowest BCUT2D eigenvalue weighted by Crippen LogP contribution is -2.17. The van der Waals surface area contributed by atoms with Crippen molar-refractivity contribution in [1.82, 2.24) is 0 Å². The quantitative estimate of drug-likeness (QED) is 0.823. The zero-order chi connectivity index (χ0) is 12.8. The van der Waals surface area contributed by atoms with E-state index >= 15 is 0 Å². The minimum absolute atomic E-state index is 0.110. The van der Waals surface area contributed by atoms with Crippen molar-refractivity contribution < 1.29 is 14.6 Å². The SMILES string of the molecule is COCC(C)CNc1cccc(Cl)c1C(=O)O. The molecule has 0 radical (unpaired) electrons. The number of halogens is 1. The van der Waals surface area contributed by atoms with Crippen LogP contribution in [0.25, 0.3) is 0 Å². The molecule has 5 heteroatoms. The number of benzene rings is 1. The second kappa shape index (κ2) is 6.47. The number of ether oxygens (including phenoxy) is 1. The number of methoxy groups -OCH3 is 1. The summed E-state index contributed by atoms with van der Waals surface area (Å²) < 4.78 is 5.01. The highest BCUT2D eigenvalue weighted by Crippen LogP contribution is 2.24. The molecule has 1 unspecified atom stereocenters. The molecule has 0 heterocycles. The molecule has 2 N–H and O–H groups in total. The van der Waals surface area contributed by atoms with Gasteiger partial charge in [0.2, 0.25) is 0 Å². The Hall–Kier alpha value is -1.26. The van der Waals surface area contributed by atoms with Crippen LogP contribution in [0, 0.1) is 5.92 Å². The van der Waals surface area contributed by atoms with Crippen molar-refractivity contribution in [2.45, 2.75) is 6.92 Å². The van der Waals surface area contributed by atoms with Crippen molar-refractivity contribution in [3.05, 3.63) is 28.8 Å². The molecular formula is C12H16ClNO3. The van der Waals surface area contributed by atoms with E-state index in [1.807, 2.05) is 6.92 Å². The smallest absolute Gasteiger partial charge is 0.339 e. The molecule has 17 heavy (non-hydrogen) atoms. The summed E-state index contributed by atoms with van der Waals surface area (Å²) in [5, 5.41) is 12.4. The predicted molar refractivity (Wildman–Crippen MR) is 67.9 cm³/mol. The fourth-order valence-electron chi connectivity index (χ4n) is 1.52. The summed E-state index contributed by atoms with van der Waals surface area (Å²) in [5.74, 6) is -0.738. The molecule has 1 aromatic rings. The van der Waals surface area contributed by atoms with Gasteiger partial charge in [-0.25, -0.2) is 4.79 Å². The molecule has 0 aliphatic carbocycles. The molecule has 0 aliphatic heterocycles. The zero-order valence-electron chi connectivity index (χ0n) is 9.87. The van der Waals surface area contributed by atoms with Gasteiger partial charge >= 0.3 is 5.97 Å². The van der Waals surface area contributed by atoms with Crippen molar-refractivity contribution in [2.24, 2.45) is 5.92 Å². The first-order chi connectivity index (χ1) is 8.06. The fourth-order valence-corrected chi connectivity index (χ4v) is 1.77. The Morgan fingerprint density at radius 3 is 2.88 bits per heavy atom. The molecule has 0 aliphatic rings. The van der Waals surface area contributed by atoms with Crippen LogP contribution < -0.4 is 5.32 Å². The standard InChI is InChI=1S/C12H16ClNO3/c1-8(7-17-2)6-14-10-5-3-4-9(13)11(10)12(15)16/h3-5,8,14H,6-7H2,1-2H3,(H,15,16). The lowest BCUT2D eigenvalue weighted by molar-refractivity contribution is 0.0698. The normalized spacial score (nSPS) is 12.2. The number of nitrogens with one attached hydrogen (secondary N) is 1. The van der Waals surface area contributed by atoms with Crippen molar-refractivity contribution in [1.29, 1.82) is 0 Å². The minimum atomic E-state index is -1.03. The first-order valence-corrected chi connectivity index (χ1v) is 5.68. The van der Waals surface area contributed by atoms with E-state index in [-0.39, 0.29) is 10.6 Å². The average molecular weight is 258 g/mol. The zero-order valence-corrected chi connectivity index (χ0v) is 10.6. The molecule has 0 amide bonds. The van der Waals surface area contributed by atoms with Gasteiger partial charge in [-0.15, -0.1) is 0 Å². The predicted octanol–water partition coefficient (Wildman–Crippen LogP) is 2.73. The van der Waals surface area contributed by atoms with Crippen molar-refractivity contribution in [3.63, 3.8) is 0 Å². The van der Waals surface area contributed by atoms with E-state index in [1.165, 1.54) is 0 Å². The molecule has 1 aromatic carbocycles. The van der Waals surface area contributed by atoms with Crippen molar-refractivity contribution in [3.8, 4) is 0 Å². The van der Waals surface area contributed by atoms with Crippen LogP contribution in [-0.4, -0.2) is 31.3 Å². The Balaban J connectivity index is 2.77. The van der Waals surface area contributed by atoms with Crippen LogP contribution >= 0.6 is 11.6 Å². The van der Waals surface area contributed by atoms with E-state index < -0.39 is 5.97 Å². The Bertz CT molecular complexity index is 395. The van der Waals surface area contributed by atoms with E-state index in [4.69, 9.17) is 21.4 Å². The summed E-state index contributed by atoms with van der Waals surface area (Å²) >= 11 is 5.86. The maximum absolute atomic E-state index is 11.1. The lowest BCUT2D eigenvalue weighted by atomic mass is 10.1. The summed E-state index contributed by atoms with van der Waals surface area (Å²) in [5.41, 5.74) is 0.645. The van der Waals surface area contributed by atoms with Crippen LogP contribution in [0.1, 0.15) is 17.3 Å².